The summed E-state index contributed by atoms with van der Waals surface area (Å²) in [5, 5.41) is 14.7. The molecule has 0 aromatic heterocycles. The van der Waals surface area contributed by atoms with Gasteiger partial charge in [-0.05, 0) is 118 Å². The first-order chi connectivity index (χ1) is 16.1. The van der Waals surface area contributed by atoms with Crippen molar-refractivity contribution in [3.05, 3.63) is 0 Å². The van der Waals surface area contributed by atoms with E-state index in [0.29, 0.717) is 22.8 Å². The van der Waals surface area contributed by atoms with Crippen molar-refractivity contribution in [1.82, 2.24) is 10.2 Å². The van der Waals surface area contributed by atoms with Gasteiger partial charge in [-0.1, -0.05) is 53.9 Å². The van der Waals surface area contributed by atoms with Gasteiger partial charge in [0.15, 0.2) is 0 Å². The average Bonchev–Trinajstić information content (AvgIpc) is 3.11. The van der Waals surface area contributed by atoms with Crippen molar-refractivity contribution >= 4 is 0 Å². The molecule has 0 saturated heterocycles. The predicted molar refractivity (Wildman–Crippen MR) is 145 cm³/mol. The fourth-order valence-electron chi connectivity index (χ4n) is 10.0. The summed E-state index contributed by atoms with van der Waals surface area (Å²) in [6.07, 6.45) is 14.7. The van der Waals surface area contributed by atoms with Gasteiger partial charge in [-0.2, -0.15) is 0 Å². The number of nitrogens with zero attached hydrogens (tertiary/aromatic N) is 1. The molecular weight excluding hydrogens is 416 g/mol. The number of hydrogen-bond donors (Lipinski definition) is 2. The molecule has 4 rings (SSSR count). The van der Waals surface area contributed by atoms with E-state index in [-0.39, 0.29) is 6.10 Å². The van der Waals surface area contributed by atoms with Gasteiger partial charge in [0.2, 0.25) is 0 Å². The molecule has 34 heavy (non-hydrogen) atoms. The van der Waals surface area contributed by atoms with Crippen LogP contribution in [0.5, 0.6) is 0 Å². The summed E-state index contributed by atoms with van der Waals surface area (Å²) >= 11 is 0. The molecule has 0 amide bonds. The van der Waals surface area contributed by atoms with E-state index < -0.39 is 0 Å². The van der Waals surface area contributed by atoms with Crippen LogP contribution in [0.4, 0.5) is 0 Å². The van der Waals surface area contributed by atoms with E-state index in [1.165, 1.54) is 57.8 Å². The van der Waals surface area contributed by atoms with Crippen LogP contribution < -0.4 is 5.32 Å². The van der Waals surface area contributed by atoms with Crippen molar-refractivity contribution in [3.8, 4) is 0 Å². The third kappa shape index (κ3) is 5.14. The molecule has 4 saturated carbocycles. The Hall–Kier alpha value is -0.120. The molecule has 198 valence electrons. The summed E-state index contributed by atoms with van der Waals surface area (Å²) in [6, 6.07) is 0.589. The van der Waals surface area contributed by atoms with E-state index in [0.717, 1.165) is 61.4 Å². The Kier molecular flexibility index (Phi) is 8.48. The summed E-state index contributed by atoms with van der Waals surface area (Å²) < 4.78 is 0. The van der Waals surface area contributed by atoms with E-state index in [4.69, 9.17) is 0 Å². The Morgan fingerprint density at radius 1 is 0.882 bits per heavy atom. The van der Waals surface area contributed by atoms with Crippen molar-refractivity contribution in [2.24, 2.45) is 52.3 Å². The van der Waals surface area contributed by atoms with E-state index in [1.54, 1.807) is 0 Å². The quantitative estimate of drug-likeness (QED) is 0.395. The van der Waals surface area contributed by atoms with E-state index in [1.807, 2.05) is 0 Å². The van der Waals surface area contributed by atoms with Crippen molar-refractivity contribution in [3.63, 3.8) is 0 Å². The molecule has 0 aliphatic heterocycles. The monoisotopic (exact) mass is 474 g/mol. The summed E-state index contributed by atoms with van der Waals surface area (Å²) in [6.45, 7) is 14.9. The molecule has 2 N–H and O–H groups in total. The summed E-state index contributed by atoms with van der Waals surface area (Å²) in [7, 11) is 4.36. The number of nitrogens with one attached hydrogen (secondary N) is 1. The average molecular weight is 475 g/mol. The first kappa shape index (κ1) is 26.9. The molecule has 10 atom stereocenters. The lowest BCUT2D eigenvalue weighted by Gasteiger charge is -2.63. The fraction of sp³-hybridized carbons (Fsp3) is 1.00. The van der Waals surface area contributed by atoms with Crippen LogP contribution in [0.1, 0.15) is 105 Å². The van der Waals surface area contributed by atoms with Gasteiger partial charge < -0.3 is 15.3 Å². The Labute approximate surface area is 212 Å². The maximum atomic E-state index is 10.6. The highest BCUT2D eigenvalue weighted by Crippen LogP contribution is 2.68. The second kappa shape index (κ2) is 10.7. The van der Waals surface area contributed by atoms with Gasteiger partial charge in [-0.3, -0.25) is 0 Å². The maximum absolute atomic E-state index is 10.6. The first-order valence-corrected chi connectivity index (χ1v) is 15.1. The van der Waals surface area contributed by atoms with E-state index in [2.05, 4.69) is 58.9 Å². The zero-order chi connectivity index (χ0) is 24.7. The molecular formula is C31H58N2O. The Morgan fingerprint density at radius 3 is 2.29 bits per heavy atom. The molecule has 4 aliphatic carbocycles. The third-order valence-electron chi connectivity index (χ3n) is 11.9. The molecule has 0 heterocycles. The number of hydrogen-bond acceptors (Lipinski definition) is 3. The molecule has 0 radical (unpaired) electrons. The van der Waals surface area contributed by atoms with Crippen LogP contribution in [0, 0.1) is 52.3 Å². The van der Waals surface area contributed by atoms with Gasteiger partial charge in [0, 0.05) is 19.1 Å². The molecule has 3 nitrogen and oxygen atoms in total. The molecule has 4 aliphatic rings. The lowest BCUT2D eigenvalue weighted by atomic mass is 9.43. The normalized spacial score (nSPS) is 45.2. The van der Waals surface area contributed by atoms with Gasteiger partial charge in [0.25, 0.3) is 0 Å². The van der Waals surface area contributed by atoms with Crippen LogP contribution in [0.2, 0.25) is 0 Å². The highest BCUT2D eigenvalue weighted by atomic mass is 16.3. The Balaban J connectivity index is 1.51. The minimum atomic E-state index is -0.0795. The van der Waals surface area contributed by atoms with E-state index >= 15 is 0 Å². The minimum Gasteiger partial charge on any atom is -0.393 e. The van der Waals surface area contributed by atoms with Gasteiger partial charge in [0.05, 0.1) is 6.10 Å². The van der Waals surface area contributed by atoms with Crippen molar-refractivity contribution in [1.29, 1.82) is 0 Å². The number of aliphatic hydroxyl groups is 1. The van der Waals surface area contributed by atoms with Crippen LogP contribution in [-0.4, -0.2) is 49.3 Å². The predicted octanol–water partition coefficient (Wildman–Crippen LogP) is 6.60. The molecule has 0 spiro atoms. The second-order valence-corrected chi connectivity index (χ2v) is 14.5. The molecule has 3 heteroatoms. The fourth-order valence-corrected chi connectivity index (χ4v) is 10.0. The third-order valence-corrected chi connectivity index (χ3v) is 11.9. The first-order valence-electron chi connectivity index (χ1n) is 15.1. The van der Waals surface area contributed by atoms with Crippen LogP contribution in [0.25, 0.3) is 0 Å². The molecule has 0 aromatic rings. The van der Waals surface area contributed by atoms with Gasteiger partial charge in [0.1, 0.15) is 0 Å². The maximum Gasteiger partial charge on any atom is 0.0543 e. The SMILES string of the molecule is CC(C)CCC[C@@H](C)[C@H]1CC[C@H]2[C@@H]3C[C@@H](NCCN(C)C)[C@H]4C[C@@H](O)CC[C@]4(C)[C@H]3CC[C@]12C. The summed E-state index contributed by atoms with van der Waals surface area (Å²) in [4.78, 5) is 2.30. The largest absolute Gasteiger partial charge is 0.393 e. The standard InChI is InChI=1S/C31H58N2O/c1-21(2)9-8-10-22(3)25-11-12-26-24-20-29(32-17-18-33(6)7)28-19-23(34)13-15-31(28,5)27(24)14-16-30(25,26)4/h21-29,32,34H,8-20H2,1-7H3/t22-,23+,24+,25-,26+,27+,28-,29-,30-,31-/m1/s1. The molecule has 0 unspecified atom stereocenters. The molecule has 0 bridgehead atoms. The van der Waals surface area contributed by atoms with Crippen LogP contribution in [0.15, 0.2) is 0 Å². The van der Waals surface area contributed by atoms with Crippen molar-refractivity contribution in [2.45, 2.75) is 117 Å². The zero-order valence-electron chi connectivity index (χ0n) is 23.8. The number of aliphatic hydroxyl groups excluding tert-OH is 1. The topological polar surface area (TPSA) is 35.5 Å². The van der Waals surface area contributed by atoms with Crippen LogP contribution in [-0.2, 0) is 0 Å². The summed E-state index contributed by atoms with van der Waals surface area (Å²) in [5.74, 6) is 6.00. The van der Waals surface area contributed by atoms with Crippen LogP contribution in [0.3, 0.4) is 0 Å². The lowest BCUT2D eigenvalue weighted by Crippen LogP contribution is -2.61. The highest BCUT2D eigenvalue weighted by molar-refractivity contribution is 5.12. The Morgan fingerprint density at radius 2 is 1.59 bits per heavy atom. The van der Waals surface area contributed by atoms with Gasteiger partial charge in [-0.15, -0.1) is 0 Å². The summed E-state index contributed by atoms with van der Waals surface area (Å²) in [5.41, 5.74) is 0.976. The smallest absolute Gasteiger partial charge is 0.0543 e. The number of likely N-dealkylation sites (N-methyl/N-ethyl adjacent to an activating group) is 1. The van der Waals surface area contributed by atoms with Crippen molar-refractivity contribution < 1.29 is 5.11 Å². The van der Waals surface area contributed by atoms with Gasteiger partial charge >= 0.3 is 0 Å². The second-order valence-electron chi connectivity index (χ2n) is 14.5. The zero-order valence-corrected chi connectivity index (χ0v) is 23.8. The highest BCUT2D eigenvalue weighted by Gasteiger charge is 2.62. The van der Waals surface area contributed by atoms with Gasteiger partial charge in [-0.25, -0.2) is 0 Å². The minimum absolute atomic E-state index is 0.0795. The van der Waals surface area contributed by atoms with E-state index in [9.17, 15) is 5.11 Å². The molecule has 4 fully saturated rings. The Bertz CT molecular complexity index is 664. The number of rotatable bonds is 9. The lowest BCUT2D eigenvalue weighted by molar-refractivity contribution is -0.141. The van der Waals surface area contributed by atoms with Crippen LogP contribution >= 0.6 is 0 Å². The van der Waals surface area contributed by atoms with Crippen molar-refractivity contribution in [2.75, 3.05) is 27.2 Å². The number of fused-ring (bicyclic) bond motifs is 5. The molecule has 0 aromatic carbocycles.